The molecule has 2 heterocycles. The Hall–Kier alpha value is -1.47. The maximum atomic E-state index is 14.7. The zero-order valence-corrected chi connectivity index (χ0v) is 14.3. The van der Waals surface area contributed by atoms with Gasteiger partial charge in [-0.1, -0.05) is 0 Å². The number of nitrogens with two attached hydrogens (primary N) is 1. The number of nitrogen functional groups attached to an aromatic ring is 1. The van der Waals surface area contributed by atoms with Gasteiger partial charge in [-0.3, -0.25) is 0 Å². The van der Waals surface area contributed by atoms with Crippen LogP contribution in [-0.4, -0.2) is 28.3 Å². The van der Waals surface area contributed by atoms with Crippen LogP contribution in [0.15, 0.2) is 17.5 Å². The highest BCUT2D eigenvalue weighted by Crippen LogP contribution is 2.47. The molecule has 2 N–H and O–H groups in total. The Labute approximate surface area is 136 Å². The lowest BCUT2D eigenvalue weighted by Gasteiger charge is -2.32. The van der Waals surface area contributed by atoms with Crippen LogP contribution in [0, 0.1) is 6.92 Å². The van der Waals surface area contributed by atoms with Crippen LogP contribution in [0.2, 0.25) is 0 Å². The van der Waals surface area contributed by atoms with Crippen molar-refractivity contribution in [2.75, 3.05) is 5.73 Å². The van der Waals surface area contributed by atoms with Crippen LogP contribution in [-0.2, 0) is 9.31 Å². The fourth-order valence-corrected chi connectivity index (χ4v) is 2.87. The number of anilines is 1. The molecule has 0 unspecified atom stereocenters. The van der Waals surface area contributed by atoms with E-state index in [4.69, 9.17) is 15.0 Å². The van der Waals surface area contributed by atoms with Gasteiger partial charge in [-0.15, -0.1) is 0 Å². The van der Waals surface area contributed by atoms with E-state index in [-0.39, 0.29) is 11.6 Å². The second-order valence-corrected chi connectivity index (χ2v) is 7.40. The van der Waals surface area contributed by atoms with Gasteiger partial charge in [0.05, 0.1) is 11.2 Å². The van der Waals surface area contributed by atoms with E-state index < -0.39 is 18.3 Å². The van der Waals surface area contributed by atoms with Crippen molar-refractivity contribution >= 4 is 12.9 Å². The Kier molecular flexibility index (Phi) is 3.76. The van der Waals surface area contributed by atoms with Crippen LogP contribution < -0.4 is 5.73 Å². The highest BCUT2D eigenvalue weighted by atomic mass is 19.1. The van der Waals surface area contributed by atoms with E-state index in [1.807, 2.05) is 27.7 Å². The lowest BCUT2D eigenvalue weighted by atomic mass is 9.70. The molecule has 5 nitrogen and oxygen atoms in total. The first-order valence-corrected chi connectivity index (χ1v) is 7.93. The Morgan fingerprint density at radius 1 is 1.26 bits per heavy atom. The number of aryl methyl sites for hydroxylation is 1. The zero-order chi connectivity index (χ0) is 17.0. The summed E-state index contributed by atoms with van der Waals surface area (Å²) >= 11 is 0. The number of hydrogen-bond donors (Lipinski definition) is 1. The molecule has 1 aliphatic carbocycles. The molecule has 23 heavy (non-hydrogen) atoms. The highest BCUT2D eigenvalue weighted by molar-refractivity contribution is 6.53. The minimum atomic E-state index is -0.914. The molecule has 1 aliphatic heterocycles. The maximum Gasteiger partial charge on any atom is 0.525 e. The van der Waals surface area contributed by atoms with Crippen molar-refractivity contribution < 1.29 is 13.7 Å². The normalized spacial score (nSPS) is 25.4. The van der Waals surface area contributed by atoms with E-state index in [0.29, 0.717) is 24.5 Å². The van der Waals surface area contributed by atoms with E-state index in [1.54, 1.807) is 13.1 Å². The molecule has 0 atom stereocenters. The molecule has 0 aromatic carbocycles. The zero-order valence-electron chi connectivity index (χ0n) is 14.3. The number of allylic oxidation sites excluding steroid dienone is 1. The van der Waals surface area contributed by atoms with Crippen LogP contribution in [0.4, 0.5) is 10.2 Å². The molecule has 1 saturated carbocycles. The molecule has 0 amide bonds. The van der Waals surface area contributed by atoms with Crippen LogP contribution in [0.3, 0.4) is 0 Å². The monoisotopic (exact) mass is 319 g/mol. The van der Waals surface area contributed by atoms with Gasteiger partial charge in [-0.2, -0.15) is 0 Å². The number of aromatic nitrogens is 2. The summed E-state index contributed by atoms with van der Waals surface area (Å²) < 4.78 is 26.2. The molecule has 124 valence electrons. The van der Waals surface area contributed by atoms with E-state index in [9.17, 15) is 4.39 Å². The van der Waals surface area contributed by atoms with Crippen molar-refractivity contribution in [1.82, 2.24) is 9.97 Å². The summed E-state index contributed by atoms with van der Waals surface area (Å²) in [6.45, 7) is 9.46. The smallest absolute Gasteiger partial charge is 0.398 e. The summed E-state index contributed by atoms with van der Waals surface area (Å²) in [5.41, 5.74) is 6.19. The molecule has 7 heteroatoms. The van der Waals surface area contributed by atoms with E-state index in [0.717, 1.165) is 11.1 Å². The Morgan fingerprint density at radius 2 is 1.83 bits per heavy atom. The summed E-state index contributed by atoms with van der Waals surface area (Å²) in [7, 11) is -0.914. The summed E-state index contributed by atoms with van der Waals surface area (Å²) in [5.74, 6) is 1.29. The number of hydrogen-bond acceptors (Lipinski definition) is 5. The van der Waals surface area contributed by atoms with Gasteiger partial charge in [-0.05, 0) is 59.0 Å². The lowest BCUT2D eigenvalue weighted by Crippen LogP contribution is -2.41. The van der Waals surface area contributed by atoms with Crippen molar-refractivity contribution in [3.05, 3.63) is 28.9 Å². The van der Waals surface area contributed by atoms with Crippen molar-refractivity contribution in [3.63, 3.8) is 0 Å². The van der Waals surface area contributed by atoms with Gasteiger partial charge < -0.3 is 15.0 Å². The average Bonchev–Trinajstić information content (AvgIpc) is 2.59. The van der Waals surface area contributed by atoms with Crippen molar-refractivity contribution in [3.8, 4) is 0 Å². The molecule has 2 fully saturated rings. The molecule has 0 radical (unpaired) electrons. The van der Waals surface area contributed by atoms with Crippen LogP contribution in [0.25, 0.3) is 0 Å². The molecule has 1 saturated heterocycles. The molecule has 2 aliphatic rings. The first-order valence-electron chi connectivity index (χ1n) is 7.93. The van der Waals surface area contributed by atoms with Gasteiger partial charge >= 0.3 is 7.12 Å². The van der Waals surface area contributed by atoms with Gasteiger partial charge in [0.1, 0.15) is 17.4 Å². The van der Waals surface area contributed by atoms with Crippen molar-refractivity contribution in [2.45, 2.75) is 64.6 Å². The topological polar surface area (TPSA) is 70.3 Å². The maximum absolute atomic E-state index is 14.7. The third kappa shape index (κ3) is 2.76. The predicted molar refractivity (Wildman–Crippen MR) is 87.4 cm³/mol. The van der Waals surface area contributed by atoms with E-state index in [2.05, 4.69) is 9.97 Å². The summed E-state index contributed by atoms with van der Waals surface area (Å²) in [6, 6.07) is 0. The molecule has 0 bridgehead atoms. The molecule has 3 rings (SSSR count). The number of halogens is 1. The number of rotatable bonds is 2. The molecular weight excluding hydrogens is 296 g/mol. The summed E-state index contributed by atoms with van der Waals surface area (Å²) in [6.07, 6.45) is 2.95. The molecular formula is C16H23BFN3O2. The van der Waals surface area contributed by atoms with Gasteiger partial charge in [0.25, 0.3) is 0 Å². The Bertz CT molecular complexity index is 651. The average molecular weight is 319 g/mol. The predicted octanol–water partition coefficient (Wildman–Crippen LogP) is 3.10. The summed E-state index contributed by atoms with van der Waals surface area (Å²) in [4.78, 5) is 8.35. The standard InChI is InChI=1S/C16H23BFN3O2/c1-9-20-8-12(14(19)21-9)10-6-11(7-10)13(18)17-22-15(2,3)16(4,5)23-17/h8,10H,6-7H2,1-5H3,(H2,19,20,21). The largest absolute Gasteiger partial charge is 0.525 e. The minimum Gasteiger partial charge on any atom is -0.398 e. The second-order valence-electron chi connectivity index (χ2n) is 7.40. The Balaban J connectivity index is 1.72. The van der Waals surface area contributed by atoms with Crippen LogP contribution in [0.5, 0.6) is 0 Å². The fraction of sp³-hybridized carbons (Fsp3) is 0.625. The van der Waals surface area contributed by atoms with E-state index in [1.165, 1.54) is 0 Å². The summed E-state index contributed by atoms with van der Waals surface area (Å²) in [5, 5.41) is 0. The Morgan fingerprint density at radius 3 is 2.35 bits per heavy atom. The van der Waals surface area contributed by atoms with Crippen molar-refractivity contribution in [1.29, 1.82) is 0 Å². The minimum absolute atomic E-state index is 0.166. The highest BCUT2D eigenvalue weighted by Gasteiger charge is 2.54. The lowest BCUT2D eigenvalue weighted by molar-refractivity contribution is 0.00578. The van der Waals surface area contributed by atoms with Gasteiger partial charge in [0, 0.05) is 11.8 Å². The quantitative estimate of drug-likeness (QED) is 0.848. The number of nitrogens with zero attached hydrogens (tertiary/aromatic N) is 2. The first-order chi connectivity index (χ1) is 10.6. The molecule has 1 aromatic rings. The second kappa shape index (κ2) is 5.28. The SMILES string of the molecule is Cc1ncc(C2CC(=C(F)B3OC(C)(C)C(C)(C)O3)C2)c(N)n1. The third-order valence-corrected chi connectivity index (χ3v) is 5.19. The third-order valence-electron chi connectivity index (χ3n) is 5.19. The molecule has 1 aromatic heterocycles. The fourth-order valence-electron chi connectivity index (χ4n) is 2.87. The van der Waals surface area contributed by atoms with Crippen LogP contribution in [0.1, 0.15) is 57.8 Å². The van der Waals surface area contributed by atoms with Gasteiger partial charge in [0.15, 0.2) is 0 Å². The van der Waals surface area contributed by atoms with Gasteiger partial charge in [-0.25, -0.2) is 14.4 Å². The first kappa shape index (κ1) is 16.4. The van der Waals surface area contributed by atoms with Crippen LogP contribution >= 0.6 is 0 Å². The van der Waals surface area contributed by atoms with Crippen molar-refractivity contribution in [2.24, 2.45) is 0 Å². The van der Waals surface area contributed by atoms with Gasteiger partial charge in [0.2, 0.25) is 0 Å². The molecule has 0 spiro atoms. The van der Waals surface area contributed by atoms with E-state index >= 15 is 0 Å².